The largest absolute Gasteiger partial charge is 0.348 e. The van der Waals surface area contributed by atoms with Gasteiger partial charge in [0.25, 0.3) is 0 Å². The number of nitrogens with one attached hydrogen (secondary N) is 1. The Labute approximate surface area is 126 Å². The van der Waals surface area contributed by atoms with E-state index >= 15 is 0 Å². The molecule has 1 aliphatic heterocycles. The van der Waals surface area contributed by atoms with Crippen LogP contribution in [0.4, 0.5) is 0 Å². The van der Waals surface area contributed by atoms with Crippen molar-refractivity contribution in [3.63, 3.8) is 0 Å². The van der Waals surface area contributed by atoms with Gasteiger partial charge in [0, 0.05) is 25.0 Å². The molecule has 3 aromatic heterocycles. The maximum Gasteiger partial charge on any atom is 0.179 e. The Balaban J connectivity index is 1.66. The molecule has 2 aliphatic rings. The smallest absolute Gasteiger partial charge is 0.179 e. The number of aromatic amines is 1. The van der Waals surface area contributed by atoms with Crippen molar-refractivity contribution in [1.82, 2.24) is 24.6 Å². The van der Waals surface area contributed by atoms with E-state index in [0.29, 0.717) is 19.1 Å². The van der Waals surface area contributed by atoms with Gasteiger partial charge >= 0.3 is 0 Å². The van der Waals surface area contributed by atoms with Crippen LogP contribution in [0.15, 0.2) is 18.5 Å². The topological polar surface area (TPSA) is 77.3 Å². The number of hydrogen-bond acceptors (Lipinski definition) is 5. The Morgan fingerprint density at radius 1 is 1.27 bits per heavy atom. The first kappa shape index (κ1) is 12.5. The zero-order valence-corrected chi connectivity index (χ0v) is 12.3. The van der Waals surface area contributed by atoms with E-state index < -0.39 is 5.79 Å². The van der Waals surface area contributed by atoms with Gasteiger partial charge < -0.3 is 14.5 Å². The predicted octanol–water partition coefficient (Wildman–Crippen LogP) is 1.86. The third kappa shape index (κ3) is 1.60. The molecule has 1 saturated carbocycles. The SMILES string of the molecule is CC1CC2(CC1c1nnc3cnc4[nH]ccc4n13)OCCO2. The van der Waals surface area contributed by atoms with Crippen LogP contribution in [0.25, 0.3) is 16.8 Å². The highest BCUT2D eigenvalue weighted by Crippen LogP contribution is 2.48. The lowest BCUT2D eigenvalue weighted by Crippen LogP contribution is -2.26. The van der Waals surface area contributed by atoms with Crippen molar-refractivity contribution in [2.24, 2.45) is 5.92 Å². The van der Waals surface area contributed by atoms with Crippen molar-refractivity contribution in [2.45, 2.75) is 31.5 Å². The molecular weight excluding hydrogens is 282 g/mol. The molecule has 2 fully saturated rings. The number of aromatic nitrogens is 5. The van der Waals surface area contributed by atoms with Gasteiger partial charge in [-0.3, -0.25) is 4.40 Å². The van der Waals surface area contributed by atoms with Gasteiger partial charge in [-0.2, -0.15) is 0 Å². The van der Waals surface area contributed by atoms with Crippen LogP contribution in [-0.4, -0.2) is 43.6 Å². The van der Waals surface area contributed by atoms with Crippen LogP contribution >= 0.6 is 0 Å². The molecule has 1 aliphatic carbocycles. The van der Waals surface area contributed by atoms with Crippen LogP contribution in [0.2, 0.25) is 0 Å². The Bertz CT molecular complexity index is 848. The summed E-state index contributed by atoms with van der Waals surface area (Å²) in [7, 11) is 0. The molecular formula is C15H17N5O2. The molecule has 0 radical (unpaired) electrons. The second-order valence-electron chi connectivity index (χ2n) is 6.32. The van der Waals surface area contributed by atoms with Crippen LogP contribution in [0.3, 0.4) is 0 Å². The van der Waals surface area contributed by atoms with E-state index in [2.05, 4.69) is 31.5 Å². The monoisotopic (exact) mass is 299 g/mol. The lowest BCUT2D eigenvalue weighted by Gasteiger charge is -2.21. The minimum Gasteiger partial charge on any atom is -0.348 e. The predicted molar refractivity (Wildman–Crippen MR) is 78.4 cm³/mol. The highest BCUT2D eigenvalue weighted by molar-refractivity contribution is 5.74. The zero-order chi connectivity index (χ0) is 14.7. The maximum atomic E-state index is 5.89. The summed E-state index contributed by atoms with van der Waals surface area (Å²) in [5.74, 6) is 1.27. The molecule has 2 atom stereocenters. The molecule has 0 bridgehead atoms. The first-order valence-corrected chi connectivity index (χ1v) is 7.71. The van der Waals surface area contributed by atoms with Gasteiger partial charge in [0.1, 0.15) is 5.82 Å². The summed E-state index contributed by atoms with van der Waals surface area (Å²) in [5, 5.41) is 8.76. The molecule has 5 rings (SSSR count). The summed E-state index contributed by atoms with van der Waals surface area (Å²) >= 11 is 0. The van der Waals surface area contributed by atoms with E-state index in [1.54, 1.807) is 6.20 Å². The molecule has 22 heavy (non-hydrogen) atoms. The molecule has 1 N–H and O–H groups in total. The number of ether oxygens (including phenoxy) is 2. The molecule has 1 saturated heterocycles. The van der Waals surface area contributed by atoms with E-state index in [1.807, 2.05) is 12.3 Å². The van der Waals surface area contributed by atoms with E-state index in [1.165, 1.54) is 0 Å². The summed E-state index contributed by atoms with van der Waals surface area (Å²) in [6.45, 7) is 3.61. The summed E-state index contributed by atoms with van der Waals surface area (Å²) in [5.41, 5.74) is 2.64. The number of nitrogens with zero attached hydrogens (tertiary/aromatic N) is 4. The highest BCUT2D eigenvalue weighted by Gasteiger charge is 2.49. The first-order valence-electron chi connectivity index (χ1n) is 7.71. The van der Waals surface area contributed by atoms with Gasteiger partial charge in [0.05, 0.1) is 24.9 Å². The second kappa shape index (κ2) is 4.27. The zero-order valence-electron chi connectivity index (χ0n) is 12.3. The van der Waals surface area contributed by atoms with Crippen molar-refractivity contribution in [1.29, 1.82) is 0 Å². The molecule has 0 aromatic carbocycles. The first-order chi connectivity index (χ1) is 10.8. The van der Waals surface area contributed by atoms with Crippen LogP contribution < -0.4 is 0 Å². The number of hydrogen-bond donors (Lipinski definition) is 1. The van der Waals surface area contributed by atoms with Gasteiger partial charge in [0.15, 0.2) is 17.1 Å². The molecule has 7 heteroatoms. The Morgan fingerprint density at radius 3 is 3.00 bits per heavy atom. The molecule has 114 valence electrons. The lowest BCUT2D eigenvalue weighted by molar-refractivity contribution is -0.152. The van der Waals surface area contributed by atoms with E-state index in [9.17, 15) is 0 Å². The summed E-state index contributed by atoms with van der Waals surface area (Å²) in [6, 6.07) is 2.01. The van der Waals surface area contributed by atoms with Gasteiger partial charge in [-0.15, -0.1) is 10.2 Å². The van der Waals surface area contributed by atoms with Crippen LogP contribution in [-0.2, 0) is 9.47 Å². The van der Waals surface area contributed by atoms with E-state index in [-0.39, 0.29) is 5.92 Å². The number of H-pyrrole nitrogens is 1. The Hall–Kier alpha value is -1.99. The quantitative estimate of drug-likeness (QED) is 0.742. The average molecular weight is 299 g/mol. The van der Waals surface area contributed by atoms with Crippen molar-refractivity contribution >= 4 is 16.8 Å². The molecule has 3 aromatic rings. The molecule has 4 heterocycles. The van der Waals surface area contributed by atoms with Crippen molar-refractivity contribution in [3.8, 4) is 0 Å². The molecule has 2 unspecified atom stereocenters. The van der Waals surface area contributed by atoms with Crippen LogP contribution in [0.5, 0.6) is 0 Å². The fraction of sp³-hybridized carbons (Fsp3) is 0.533. The lowest BCUT2D eigenvalue weighted by atomic mass is 9.97. The fourth-order valence-electron chi connectivity index (χ4n) is 3.97. The second-order valence-corrected chi connectivity index (χ2v) is 6.32. The normalized spacial score (nSPS) is 27.5. The Kier molecular flexibility index (Phi) is 2.43. The van der Waals surface area contributed by atoms with Crippen molar-refractivity contribution in [2.75, 3.05) is 13.2 Å². The summed E-state index contributed by atoms with van der Waals surface area (Å²) < 4.78 is 13.9. The van der Waals surface area contributed by atoms with Crippen molar-refractivity contribution < 1.29 is 9.47 Å². The van der Waals surface area contributed by atoms with Crippen LogP contribution in [0, 0.1) is 5.92 Å². The van der Waals surface area contributed by atoms with Crippen molar-refractivity contribution in [3.05, 3.63) is 24.3 Å². The van der Waals surface area contributed by atoms with E-state index in [4.69, 9.17) is 9.47 Å². The summed E-state index contributed by atoms with van der Waals surface area (Å²) in [4.78, 5) is 7.51. The van der Waals surface area contributed by atoms with E-state index in [0.717, 1.165) is 35.5 Å². The standard InChI is InChI=1S/C15H17N5O2/c1-9-6-15(21-4-5-22-15)7-10(9)14-19-18-12-8-17-13-11(20(12)14)2-3-16-13/h2-3,8-10,16H,4-7H2,1H3. The minimum absolute atomic E-state index is 0.272. The number of fused-ring (bicyclic) bond motifs is 3. The number of rotatable bonds is 1. The molecule has 0 amide bonds. The van der Waals surface area contributed by atoms with Gasteiger partial charge in [-0.05, 0) is 12.0 Å². The van der Waals surface area contributed by atoms with Crippen LogP contribution in [0.1, 0.15) is 31.5 Å². The third-order valence-electron chi connectivity index (χ3n) is 4.96. The Morgan fingerprint density at radius 2 is 2.14 bits per heavy atom. The molecule has 1 spiro atoms. The van der Waals surface area contributed by atoms with Gasteiger partial charge in [-0.1, -0.05) is 6.92 Å². The average Bonchev–Trinajstić information content (AvgIpc) is 3.26. The summed E-state index contributed by atoms with van der Waals surface area (Å²) in [6.07, 6.45) is 5.40. The molecule has 7 nitrogen and oxygen atoms in total. The van der Waals surface area contributed by atoms with Gasteiger partial charge in [0.2, 0.25) is 0 Å². The minimum atomic E-state index is -0.416. The van der Waals surface area contributed by atoms with Gasteiger partial charge in [-0.25, -0.2) is 4.98 Å². The third-order valence-corrected chi connectivity index (χ3v) is 4.96. The fourth-order valence-corrected chi connectivity index (χ4v) is 3.97. The highest BCUT2D eigenvalue weighted by atomic mass is 16.7. The maximum absolute atomic E-state index is 5.89.